The van der Waals surface area contributed by atoms with Crippen LogP contribution in [0.15, 0.2) is 41.1 Å². The highest BCUT2D eigenvalue weighted by atomic mass is 32.2. The lowest BCUT2D eigenvalue weighted by molar-refractivity contribution is -0.127. The molecule has 0 saturated carbocycles. The molecule has 0 spiro atoms. The van der Waals surface area contributed by atoms with E-state index in [0.29, 0.717) is 39.6 Å². The van der Waals surface area contributed by atoms with Gasteiger partial charge in [0.2, 0.25) is 11.0 Å². The van der Waals surface area contributed by atoms with Crippen LogP contribution in [0.25, 0.3) is 0 Å². The third-order valence-electron chi connectivity index (χ3n) is 4.73. The zero-order valence-corrected chi connectivity index (χ0v) is 19.5. The largest absolute Gasteiger partial charge is 0.469 e. The highest BCUT2D eigenvalue weighted by molar-refractivity contribution is 8.17. The molecule has 3 rings (SSSR count). The Kier molecular flexibility index (Phi) is 7.98. The van der Waals surface area contributed by atoms with Gasteiger partial charge in [-0.15, -0.1) is 0 Å². The second-order valence-corrected chi connectivity index (χ2v) is 9.38. The Morgan fingerprint density at radius 1 is 1.36 bits per heavy atom. The molecule has 2 heterocycles. The summed E-state index contributed by atoms with van der Waals surface area (Å²) in [5.74, 6) is 0.0498. The van der Waals surface area contributed by atoms with Gasteiger partial charge in [-0.1, -0.05) is 12.1 Å². The monoisotopic (exact) mass is 496 g/mol. The van der Waals surface area contributed by atoms with Crippen LogP contribution in [-0.2, 0) is 20.4 Å². The molecule has 3 N–H and O–H groups in total. The maximum Gasteiger partial charge on any atom is 0.469 e. The molecular weight excluding hydrogens is 474 g/mol. The van der Waals surface area contributed by atoms with Gasteiger partial charge in [0, 0.05) is 28.8 Å². The Hall–Kier alpha value is -2.63. The number of nitrogens with one attached hydrogen (secondary N) is 1. The normalized spacial score (nSPS) is 14.8. The molecule has 0 fully saturated rings. The first-order valence-electron chi connectivity index (χ1n) is 9.78. The van der Waals surface area contributed by atoms with Crippen molar-refractivity contribution < 1.29 is 32.9 Å². The molecule has 0 aliphatic carbocycles. The summed E-state index contributed by atoms with van der Waals surface area (Å²) in [6, 6.07) is 5.47. The maximum absolute atomic E-state index is 14.1. The summed E-state index contributed by atoms with van der Waals surface area (Å²) in [6.07, 6.45) is 1.51. The molecular formula is C20H22FN4O6PS. The van der Waals surface area contributed by atoms with Crippen molar-refractivity contribution in [2.24, 2.45) is 0 Å². The van der Waals surface area contributed by atoms with Crippen LogP contribution in [0.2, 0.25) is 0 Å². The zero-order chi connectivity index (χ0) is 24.2. The summed E-state index contributed by atoms with van der Waals surface area (Å²) in [6.45, 7) is 2.98. The van der Waals surface area contributed by atoms with Crippen molar-refractivity contribution in [2.75, 3.05) is 18.5 Å². The number of thioether (sulfide) groups is 1. The smallest absolute Gasteiger partial charge is 0.361 e. The van der Waals surface area contributed by atoms with E-state index in [1.165, 1.54) is 23.1 Å². The van der Waals surface area contributed by atoms with Gasteiger partial charge in [-0.05, 0) is 37.7 Å². The number of phosphoric ester groups is 1. The molecule has 0 atom stereocenters. The number of carbonyl (C=O) groups excluding carboxylic acids is 2. The zero-order valence-electron chi connectivity index (χ0n) is 17.8. The van der Waals surface area contributed by atoms with Crippen molar-refractivity contribution in [2.45, 2.75) is 26.8 Å². The van der Waals surface area contributed by atoms with E-state index in [-0.39, 0.29) is 31.0 Å². The van der Waals surface area contributed by atoms with E-state index in [4.69, 9.17) is 9.79 Å². The summed E-state index contributed by atoms with van der Waals surface area (Å²) in [5.41, 5.74) is 0.878. The van der Waals surface area contributed by atoms with Gasteiger partial charge in [0.15, 0.2) is 0 Å². The van der Waals surface area contributed by atoms with E-state index < -0.39 is 25.4 Å². The SMILES string of the molecule is C/C(=C(\CCOP(=O)(O)O)SC(=O)c1ccccc1F)N1Cc2cnc(C)nc2NCC1=O. The topological polar surface area (TPSA) is 142 Å². The lowest BCUT2D eigenvalue weighted by Gasteiger charge is -2.24. The van der Waals surface area contributed by atoms with Crippen LogP contribution in [-0.4, -0.2) is 48.8 Å². The number of aromatic nitrogens is 2. The van der Waals surface area contributed by atoms with Crippen LogP contribution < -0.4 is 5.32 Å². The molecule has 1 aromatic carbocycles. The number of amides is 1. The predicted octanol–water partition coefficient (Wildman–Crippen LogP) is 2.98. The molecule has 1 aromatic heterocycles. The number of fused-ring (bicyclic) bond motifs is 1. The summed E-state index contributed by atoms with van der Waals surface area (Å²) in [4.78, 5) is 53.8. The first kappa shape index (κ1) is 25.0. The first-order valence-corrected chi connectivity index (χ1v) is 12.1. The minimum atomic E-state index is -4.74. The molecule has 0 radical (unpaired) electrons. The van der Waals surface area contributed by atoms with Gasteiger partial charge in [-0.25, -0.2) is 18.9 Å². The van der Waals surface area contributed by atoms with Crippen molar-refractivity contribution in [3.63, 3.8) is 0 Å². The van der Waals surface area contributed by atoms with Crippen LogP contribution >= 0.6 is 19.6 Å². The lowest BCUT2D eigenvalue weighted by Crippen LogP contribution is -2.32. The Labute approximate surface area is 193 Å². The van der Waals surface area contributed by atoms with Gasteiger partial charge >= 0.3 is 7.82 Å². The number of rotatable bonds is 7. The van der Waals surface area contributed by atoms with Crippen molar-refractivity contribution >= 4 is 36.4 Å². The minimum absolute atomic E-state index is 0.0566. The quantitative estimate of drug-likeness (QED) is 0.490. The minimum Gasteiger partial charge on any atom is -0.361 e. The molecule has 1 amide bonds. The molecule has 1 aliphatic heterocycles. The lowest BCUT2D eigenvalue weighted by atomic mass is 10.2. The first-order chi connectivity index (χ1) is 15.5. The summed E-state index contributed by atoms with van der Waals surface area (Å²) in [7, 11) is -4.74. The molecule has 0 saturated heterocycles. The van der Waals surface area contributed by atoms with Gasteiger partial charge in [-0.2, -0.15) is 0 Å². The van der Waals surface area contributed by atoms with E-state index in [0.717, 1.165) is 6.07 Å². The maximum atomic E-state index is 14.1. The van der Waals surface area contributed by atoms with Crippen molar-refractivity contribution in [1.82, 2.24) is 14.9 Å². The van der Waals surface area contributed by atoms with Gasteiger partial charge in [-0.3, -0.25) is 14.1 Å². The molecule has 1 aliphatic rings. The Morgan fingerprint density at radius 2 is 2.09 bits per heavy atom. The second-order valence-electron chi connectivity index (χ2n) is 7.08. The molecule has 0 bridgehead atoms. The fourth-order valence-electron chi connectivity index (χ4n) is 3.09. The van der Waals surface area contributed by atoms with Gasteiger partial charge in [0.05, 0.1) is 25.3 Å². The van der Waals surface area contributed by atoms with Crippen LogP contribution in [0.3, 0.4) is 0 Å². The third kappa shape index (κ3) is 6.68. The molecule has 33 heavy (non-hydrogen) atoms. The fraction of sp³-hybridized carbons (Fsp3) is 0.300. The Morgan fingerprint density at radius 3 is 2.79 bits per heavy atom. The van der Waals surface area contributed by atoms with Gasteiger partial charge in [0.25, 0.3) is 0 Å². The number of hydrogen-bond acceptors (Lipinski definition) is 8. The van der Waals surface area contributed by atoms with E-state index in [9.17, 15) is 18.5 Å². The number of halogens is 1. The van der Waals surface area contributed by atoms with Crippen LogP contribution in [0.5, 0.6) is 0 Å². The number of allylic oxidation sites excluding steroid dienone is 1. The number of hydrogen-bond donors (Lipinski definition) is 3. The van der Waals surface area contributed by atoms with Crippen molar-refractivity contribution in [1.29, 1.82) is 0 Å². The standard InChI is InChI=1S/C20H22FN4O6PS/c1-12(25-11-14-9-22-13(2)24-19(14)23-10-18(25)26)17(7-8-31-32(28,29)30)33-20(27)15-5-3-4-6-16(15)21/h3-6,9H,7-8,10-11H2,1-2H3,(H,22,23,24)(H2,28,29,30)/b17-12-. The number of benzene rings is 1. The molecule has 176 valence electrons. The molecule has 2 aromatic rings. The van der Waals surface area contributed by atoms with E-state index in [2.05, 4.69) is 19.8 Å². The number of nitrogens with zero attached hydrogens (tertiary/aromatic N) is 3. The molecule has 0 unspecified atom stereocenters. The number of anilines is 1. The highest BCUT2D eigenvalue weighted by Gasteiger charge is 2.26. The van der Waals surface area contributed by atoms with Crippen LogP contribution in [0.1, 0.15) is 35.1 Å². The van der Waals surface area contributed by atoms with Crippen molar-refractivity contribution in [3.05, 3.63) is 63.8 Å². The predicted molar refractivity (Wildman–Crippen MR) is 119 cm³/mol. The summed E-state index contributed by atoms with van der Waals surface area (Å²) < 4.78 is 29.7. The number of phosphoric acid groups is 1. The van der Waals surface area contributed by atoms with Gasteiger partial charge < -0.3 is 20.0 Å². The van der Waals surface area contributed by atoms with E-state index in [1.54, 1.807) is 20.0 Å². The highest BCUT2D eigenvalue weighted by Crippen LogP contribution is 2.38. The molecule has 10 nitrogen and oxygen atoms in total. The summed E-state index contributed by atoms with van der Waals surface area (Å²) >= 11 is 0.679. The summed E-state index contributed by atoms with van der Waals surface area (Å²) in [5, 5.41) is 2.35. The van der Waals surface area contributed by atoms with Crippen LogP contribution in [0, 0.1) is 12.7 Å². The average molecular weight is 496 g/mol. The van der Waals surface area contributed by atoms with Crippen LogP contribution in [0.4, 0.5) is 10.2 Å². The number of aryl methyl sites for hydroxylation is 1. The fourth-order valence-corrected chi connectivity index (χ4v) is 4.36. The van der Waals surface area contributed by atoms with Gasteiger partial charge in [0.1, 0.15) is 17.5 Å². The van der Waals surface area contributed by atoms with E-state index >= 15 is 0 Å². The third-order valence-corrected chi connectivity index (χ3v) is 6.40. The Bertz CT molecular complexity index is 1160. The molecule has 13 heteroatoms. The average Bonchev–Trinajstić information content (AvgIpc) is 2.90. The second kappa shape index (κ2) is 10.5. The number of carbonyl (C=O) groups is 2. The Balaban J connectivity index is 1.93. The van der Waals surface area contributed by atoms with Crippen molar-refractivity contribution in [3.8, 4) is 0 Å². The van der Waals surface area contributed by atoms with E-state index in [1.807, 2.05) is 0 Å².